The van der Waals surface area contributed by atoms with Gasteiger partial charge in [0.1, 0.15) is 5.75 Å². The molecule has 1 N–H and O–H groups in total. The molecule has 0 saturated carbocycles. The molecule has 0 aromatic heterocycles. The van der Waals surface area contributed by atoms with E-state index < -0.39 is 6.36 Å². The summed E-state index contributed by atoms with van der Waals surface area (Å²) in [6.07, 6.45) is -4.67. The van der Waals surface area contributed by atoms with Crippen molar-refractivity contribution in [3.8, 4) is 5.75 Å². The third kappa shape index (κ3) is 4.35. The number of ether oxygens (including phenoxy) is 1. The Morgan fingerprint density at radius 2 is 1.65 bits per heavy atom. The van der Waals surface area contributed by atoms with Crippen molar-refractivity contribution >= 4 is 17.3 Å². The van der Waals surface area contributed by atoms with Gasteiger partial charge >= 0.3 is 6.36 Å². The molecule has 106 valence electrons. The van der Waals surface area contributed by atoms with Crippen molar-refractivity contribution in [3.05, 3.63) is 59.1 Å². The van der Waals surface area contributed by atoms with E-state index in [4.69, 9.17) is 11.6 Å². The Hall–Kier alpha value is -1.88. The van der Waals surface area contributed by atoms with Crippen molar-refractivity contribution in [1.82, 2.24) is 0 Å². The molecule has 0 amide bonds. The summed E-state index contributed by atoms with van der Waals surface area (Å²) in [6, 6.07) is 12.9. The topological polar surface area (TPSA) is 21.3 Å². The van der Waals surface area contributed by atoms with E-state index in [1.54, 1.807) is 6.07 Å². The third-order valence-electron chi connectivity index (χ3n) is 2.53. The molecule has 0 heterocycles. The van der Waals surface area contributed by atoms with Gasteiger partial charge in [-0.1, -0.05) is 29.8 Å². The van der Waals surface area contributed by atoms with Gasteiger partial charge in [0.2, 0.25) is 0 Å². The van der Waals surface area contributed by atoms with E-state index in [9.17, 15) is 13.2 Å². The van der Waals surface area contributed by atoms with Crippen LogP contribution in [0, 0.1) is 0 Å². The monoisotopic (exact) mass is 301 g/mol. The molecule has 6 heteroatoms. The first kappa shape index (κ1) is 14.5. The third-order valence-corrected chi connectivity index (χ3v) is 2.90. The lowest BCUT2D eigenvalue weighted by atomic mass is 10.2. The summed E-state index contributed by atoms with van der Waals surface area (Å²) >= 11 is 6.00. The molecule has 0 atom stereocenters. The van der Waals surface area contributed by atoms with E-state index >= 15 is 0 Å². The highest BCUT2D eigenvalue weighted by atomic mass is 35.5. The molecule has 20 heavy (non-hydrogen) atoms. The fourth-order valence-corrected chi connectivity index (χ4v) is 1.82. The smallest absolute Gasteiger partial charge is 0.406 e. The van der Waals surface area contributed by atoms with Gasteiger partial charge in [0.05, 0.1) is 0 Å². The number of nitrogens with one attached hydrogen (secondary N) is 1. The van der Waals surface area contributed by atoms with Crippen LogP contribution in [0.3, 0.4) is 0 Å². The Labute approximate surface area is 119 Å². The van der Waals surface area contributed by atoms with E-state index in [1.807, 2.05) is 18.2 Å². The van der Waals surface area contributed by atoms with Gasteiger partial charge in [-0.25, -0.2) is 0 Å². The van der Waals surface area contributed by atoms with E-state index in [0.29, 0.717) is 17.3 Å². The zero-order valence-electron chi connectivity index (χ0n) is 10.2. The Kier molecular flexibility index (Phi) is 4.39. The molecule has 0 fully saturated rings. The van der Waals surface area contributed by atoms with Crippen molar-refractivity contribution in [1.29, 1.82) is 0 Å². The van der Waals surface area contributed by atoms with Crippen molar-refractivity contribution in [2.24, 2.45) is 0 Å². The first-order valence-corrected chi connectivity index (χ1v) is 6.15. The second-order valence-corrected chi connectivity index (χ2v) is 4.42. The van der Waals surface area contributed by atoms with Crippen molar-refractivity contribution in [2.75, 3.05) is 5.32 Å². The van der Waals surface area contributed by atoms with Gasteiger partial charge in [-0.15, -0.1) is 13.2 Å². The molecule has 0 aliphatic carbocycles. The molecule has 0 spiro atoms. The van der Waals surface area contributed by atoms with Crippen LogP contribution in [0.25, 0.3) is 0 Å². The fraction of sp³-hybridized carbons (Fsp3) is 0.143. The van der Waals surface area contributed by atoms with E-state index in [0.717, 1.165) is 5.56 Å². The molecule has 2 nitrogen and oxygen atoms in total. The van der Waals surface area contributed by atoms with E-state index in [-0.39, 0.29) is 5.75 Å². The average Bonchev–Trinajstić information content (AvgIpc) is 2.38. The fourth-order valence-electron chi connectivity index (χ4n) is 1.61. The van der Waals surface area contributed by atoms with E-state index in [1.165, 1.54) is 24.3 Å². The summed E-state index contributed by atoms with van der Waals surface area (Å²) in [4.78, 5) is 0. The number of rotatable bonds is 4. The molecular formula is C14H11ClF3NO. The summed E-state index contributed by atoms with van der Waals surface area (Å²) in [6.45, 7) is 0.485. The normalized spacial score (nSPS) is 11.2. The molecule has 0 unspecified atom stereocenters. The number of hydrogen-bond donors (Lipinski definition) is 1. The SMILES string of the molecule is FC(F)(F)Oc1ccc(NCc2ccccc2Cl)cc1. The van der Waals surface area contributed by atoms with Crippen LogP contribution in [0.4, 0.5) is 18.9 Å². The van der Waals surface area contributed by atoms with Crippen molar-refractivity contribution < 1.29 is 17.9 Å². The van der Waals surface area contributed by atoms with Crippen molar-refractivity contribution in [3.63, 3.8) is 0 Å². The van der Waals surface area contributed by atoms with Crippen LogP contribution < -0.4 is 10.1 Å². The Morgan fingerprint density at radius 3 is 2.25 bits per heavy atom. The van der Waals surface area contributed by atoms with Crippen LogP contribution in [0.15, 0.2) is 48.5 Å². The van der Waals surface area contributed by atoms with Gasteiger partial charge < -0.3 is 10.1 Å². The second-order valence-electron chi connectivity index (χ2n) is 4.02. The van der Waals surface area contributed by atoms with Crippen LogP contribution in [-0.2, 0) is 6.54 Å². The Morgan fingerprint density at radius 1 is 1.00 bits per heavy atom. The summed E-state index contributed by atoms with van der Waals surface area (Å²) in [7, 11) is 0. The molecule has 0 saturated heterocycles. The summed E-state index contributed by atoms with van der Waals surface area (Å²) in [5, 5.41) is 3.71. The van der Waals surface area contributed by atoms with Crippen LogP contribution in [0.1, 0.15) is 5.56 Å². The number of halogens is 4. The minimum Gasteiger partial charge on any atom is -0.406 e. The molecular weight excluding hydrogens is 291 g/mol. The van der Waals surface area contributed by atoms with Gasteiger partial charge in [0, 0.05) is 17.3 Å². The average molecular weight is 302 g/mol. The Balaban J connectivity index is 1.96. The predicted molar refractivity (Wildman–Crippen MR) is 71.9 cm³/mol. The maximum Gasteiger partial charge on any atom is 0.573 e. The molecule has 0 aliphatic heterocycles. The van der Waals surface area contributed by atoms with Gasteiger partial charge in [-0.05, 0) is 35.9 Å². The van der Waals surface area contributed by atoms with Gasteiger partial charge in [-0.2, -0.15) is 0 Å². The lowest BCUT2D eigenvalue weighted by Crippen LogP contribution is -2.17. The largest absolute Gasteiger partial charge is 0.573 e. The highest BCUT2D eigenvalue weighted by Crippen LogP contribution is 2.24. The highest BCUT2D eigenvalue weighted by molar-refractivity contribution is 6.31. The Bertz CT molecular complexity index is 569. The first-order chi connectivity index (χ1) is 9.44. The maximum absolute atomic E-state index is 12.0. The van der Waals surface area contributed by atoms with Crippen molar-refractivity contribution in [2.45, 2.75) is 12.9 Å². The van der Waals surface area contributed by atoms with Gasteiger partial charge in [0.15, 0.2) is 0 Å². The maximum atomic E-state index is 12.0. The molecule has 0 bridgehead atoms. The lowest BCUT2D eigenvalue weighted by Gasteiger charge is -2.11. The summed E-state index contributed by atoms with van der Waals surface area (Å²) in [5.41, 5.74) is 1.59. The second kappa shape index (κ2) is 6.05. The number of hydrogen-bond acceptors (Lipinski definition) is 2. The van der Waals surface area contributed by atoms with Gasteiger partial charge in [0.25, 0.3) is 0 Å². The quantitative estimate of drug-likeness (QED) is 0.871. The predicted octanol–water partition coefficient (Wildman–Crippen LogP) is 4.85. The molecule has 0 radical (unpaired) electrons. The minimum atomic E-state index is -4.67. The van der Waals surface area contributed by atoms with Crippen LogP contribution in [0.5, 0.6) is 5.75 Å². The number of anilines is 1. The molecule has 2 aromatic carbocycles. The summed E-state index contributed by atoms with van der Waals surface area (Å²) in [5.74, 6) is -0.249. The molecule has 2 rings (SSSR count). The lowest BCUT2D eigenvalue weighted by molar-refractivity contribution is -0.274. The number of alkyl halides is 3. The highest BCUT2D eigenvalue weighted by Gasteiger charge is 2.30. The standard InChI is InChI=1S/C14H11ClF3NO/c15-13-4-2-1-3-10(13)9-19-11-5-7-12(8-6-11)20-14(16,17)18/h1-8,19H,9H2. The zero-order valence-corrected chi connectivity index (χ0v) is 11.0. The molecule has 2 aromatic rings. The van der Waals surface area contributed by atoms with Crippen LogP contribution >= 0.6 is 11.6 Å². The van der Waals surface area contributed by atoms with Gasteiger partial charge in [-0.3, -0.25) is 0 Å². The molecule has 0 aliphatic rings. The minimum absolute atomic E-state index is 0.249. The van der Waals surface area contributed by atoms with Crippen LogP contribution in [0.2, 0.25) is 5.02 Å². The van der Waals surface area contributed by atoms with Crippen LogP contribution in [-0.4, -0.2) is 6.36 Å². The number of benzene rings is 2. The summed E-state index contributed by atoms with van der Waals surface area (Å²) < 4.78 is 39.8. The van der Waals surface area contributed by atoms with E-state index in [2.05, 4.69) is 10.1 Å². The zero-order chi connectivity index (χ0) is 14.6. The first-order valence-electron chi connectivity index (χ1n) is 5.77.